The number of hydrogen-bond acceptors (Lipinski definition) is 6. The number of furan rings is 1. The summed E-state index contributed by atoms with van der Waals surface area (Å²) in [6.07, 6.45) is 0. The Bertz CT molecular complexity index is 2460. The molecule has 0 fully saturated rings. The Labute approximate surface area is 263 Å². The van der Waals surface area contributed by atoms with Crippen LogP contribution in [0.4, 0.5) is 0 Å². The lowest BCUT2D eigenvalue weighted by Crippen LogP contribution is -2.00. The molecule has 0 N–H and O–H groups in total. The molecule has 9 rings (SSSR count). The summed E-state index contributed by atoms with van der Waals surface area (Å²) in [7, 11) is 0. The van der Waals surface area contributed by atoms with Gasteiger partial charge in [0.05, 0.1) is 0 Å². The molecular weight excluding hydrogens is 568 g/mol. The molecule has 0 bridgehead atoms. The molecule has 0 saturated heterocycles. The fourth-order valence-corrected chi connectivity index (χ4v) is 6.05. The fraction of sp³-hybridized carbons (Fsp3) is 0. The second-order valence-electron chi connectivity index (χ2n) is 11.0. The molecule has 6 nitrogen and oxygen atoms in total. The standard InChI is InChI=1S/C40H24N4O2/c1-4-13-25(14-5-1)37-42-38(26-15-6-2-7-16-26)44-39(43-37)31-22-12-23-32-34(31)30-21-10-20-29(36(30)45-32)28-19-11-24-33-35(28)41-40(46-33)27-17-8-3-9-18-27/h1-24H. The second-order valence-corrected chi connectivity index (χ2v) is 11.0. The van der Waals surface area contributed by atoms with E-state index in [2.05, 4.69) is 24.3 Å². The molecule has 0 unspecified atom stereocenters. The molecule has 0 aliphatic carbocycles. The third kappa shape index (κ3) is 4.35. The zero-order chi connectivity index (χ0) is 30.5. The number of hydrogen-bond donors (Lipinski definition) is 0. The van der Waals surface area contributed by atoms with E-state index >= 15 is 0 Å². The number of oxazole rings is 1. The number of nitrogens with zero attached hydrogens (tertiary/aromatic N) is 4. The van der Waals surface area contributed by atoms with E-state index in [1.54, 1.807) is 0 Å². The number of aromatic nitrogens is 4. The van der Waals surface area contributed by atoms with E-state index in [9.17, 15) is 0 Å². The first-order chi connectivity index (χ1) is 22.8. The molecule has 46 heavy (non-hydrogen) atoms. The first kappa shape index (κ1) is 26.0. The van der Waals surface area contributed by atoms with Gasteiger partial charge < -0.3 is 8.83 Å². The highest BCUT2D eigenvalue weighted by molar-refractivity contribution is 6.16. The lowest BCUT2D eigenvalue weighted by molar-refractivity contribution is 0.620. The van der Waals surface area contributed by atoms with Crippen LogP contribution in [0.3, 0.4) is 0 Å². The van der Waals surface area contributed by atoms with Gasteiger partial charge in [0.25, 0.3) is 0 Å². The molecule has 6 heteroatoms. The Morgan fingerprint density at radius 1 is 0.370 bits per heavy atom. The molecule has 0 aliphatic heterocycles. The van der Waals surface area contributed by atoms with E-state index in [4.69, 9.17) is 28.8 Å². The minimum absolute atomic E-state index is 0.581. The highest BCUT2D eigenvalue weighted by atomic mass is 16.3. The van der Waals surface area contributed by atoms with Crippen molar-refractivity contribution in [2.75, 3.05) is 0 Å². The minimum Gasteiger partial charge on any atom is -0.455 e. The predicted octanol–water partition coefficient (Wildman–Crippen LogP) is 10.2. The Morgan fingerprint density at radius 3 is 1.59 bits per heavy atom. The Morgan fingerprint density at radius 2 is 0.913 bits per heavy atom. The van der Waals surface area contributed by atoms with Crippen LogP contribution >= 0.6 is 0 Å². The summed E-state index contributed by atoms with van der Waals surface area (Å²) in [5.41, 5.74) is 8.54. The Hall–Kier alpha value is -6.40. The molecule has 0 aliphatic rings. The number of benzene rings is 6. The molecule has 3 aromatic heterocycles. The summed E-state index contributed by atoms with van der Waals surface area (Å²) in [6.45, 7) is 0. The van der Waals surface area contributed by atoms with Crippen LogP contribution < -0.4 is 0 Å². The van der Waals surface area contributed by atoms with Gasteiger partial charge in [0, 0.05) is 44.2 Å². The van der Waals surface area contributed by atoms with Crippen molar-refractivity contribution in [1.29, 1.82) is 0 Å². The van der Waals surface area contributed by atoms with Crippen LogP contribution in [0.2, 0.25) is 0 Å². The summed E-state index contributed by atoms with van der Waals surface area (Å²) in [4.78, 5) is 19.8. The van der Waals surface area contributed by atoms with Gasteiger partial charge in [-0.3, -0.25) is 0 Å². The van der Waals surface area contributed by atoms with Crippen molar-refractivity contribution >= 4 is 33.0 Å². The van der Waals surface area contributed by atoms with Gasteiger partial charge in [0.15, 0.2) is 23.1 Å². The maximum atomic E-state index is 6.64. The summed E-state index contributed by atoms with van der Waals surface area (Å²) in [5, 5.41) is 1.91. The lowest BCUT2D eigenvalue weighted by Gasteiger charge is -2.09. The first-order valence-electron chi connectivity index (χ1n) is 15.1. The summed E-state index contributed by atoms with van der Waals surface area (Å²) >= 11 is 0. The maximum Gasteiger partial charge on any atom is 0.227 e. The quantitative estimate of drug-likeness (QED) is 0.198. The SMILES string of the molecule is c1ccc(-c2nc(-c3ccccc3)nc(-c3cccc4oc5c(-c6cccc7oc(-c8ccccc8)nc67)cccc5c34)n2)cc1. The van der Waals surface area contributed by atoms with Crippen molar-refractivity contribution in [2.45, 2.75) is 0 Å². The van der Waals surface area contributed by atoms with Gasteiger partial charge in [-0.1, -0.05) is 121 Å². The summed E-state index contributed by atoms with van der Waals surface area (Å²) in [6, 6.07) is 48.2. The van der Waals surface area contributed by atoms with Crippen LogP contribution in [-0.2, 0) is 0 Å². The van der Waals surface area contributed by atoms with Gasteiger partial charge in [-0.2, -0.15) is 0 Å². The average Bonchev–Trinajstić information content (AvgIpc) is 3.75. The van der Waals surface area contributed by atoms with Crippen LogP contribution in [0.5, 0.6) is 0 Å². The topological polar surface area (TPSA) is 77.8 Å². The highest BCUT2D eigenvalue weighted by Gasteiger charge is 2.21. The van der Waals surface area contributed by atoms with Crippen LogP contribution in [0.1, 0.15) is 0 Å². The predicted molar refractivity (Wildman–Crippen MR) is 182 cm³/mol. The van der Waals surface area contributed by atoms with Crippen molar-refractivity contribution in [1.82, 2.24) is 19.9 Å². The monoisotopic (exact) mass is 592 g/mol. The average molecular weight is 593 g/mol. The highest BCUT2D eigenvalue weighted by Crippen LogP contribution is 2.42. The van der Waals surface area contributed by atoms with Crippen molar-refractivity contribution in [2.24, 2.45) is 0 Å². The van der Waals surface area contributed by atoms with Gasteiger partial charge in [-0.15, -0.1) is 0 Å². The van der Waals surface area contributed by atoms with Gasteiger partial charge in [-0.25, -0.2) is 19.9 Å². The normalized spacial score (nSPS) is 11.5. The number of rotatable bonds is 5. The first-order valence-corrected chi connectivity index (χ1v) is 15.1. The van der Waals surface area contributed by atoms with E-state index in [1.165, 1.54) is 0 Å². The van der Waals surface area contributed by atoms with Gasteiger partial charge in [0.2, 0.25) is 5.89 Å². The van der Waals surface area contributed by atoms with Crippen molar-refractivity contribution < 1.29 is 8.83 Å². The molecular formula is C40H24N4O2. The zero-order valence-corrected chi connectivity index (χ0v) is 24.5. The molecule has 3 heterocycles. The Balaban J connectivity index is 1.26. The number of fused-ring (bicyclic) bond motifs is 4. The van der Waals surface area contributed by atoms with Crippen molar-refractivity contribution in [3.63, 3.8) is 0 Å². The van der Waals surface area contributed by atoms with E-state index < -0.39 is 0 Å². The van der Waals surface area contributed by atoms with E-state index in [1.807, 2.05) is 121 Å². The van der Waals surface area contributed by atoms with E-state index in [0.717, 1.165) is 66.4 Å². The van der Waals surface area contributed by atoms with Crippen molar-refractivity contribution in [3.05, 3.63) is 146 Å². The van der Waals surface area contributed by atoms with Gasteiger partial charge in [0.1, 0.15) is 16.7 Å². The number of para-hydroxylation sites is 2. The molecule has 0 amide bonds. The summed E-state index contributed by atoms with van der Waals surface area (Å²) in [5.74, 6) is 2.39. The third-order valence-electron chi connectivity index (χ3n) is 8.19. The largest absolute Gasteiger partial charge is 0.455 e. The van der Waals surface area contributed by atoms with Crippen molar-refractivity contribution in [3.8, 4) is 56.7 Å². The van der Waals surface area contributed by atoms with E-state index in [-0.39, 0.29) is 0 Å². The van der Waals surface area contributed by atoms with E-state index in [0.29, 0.717) is 23.4 Å². The molecule has 0 atom stereocenters. The molecule has 0 radical (unpaired) electrons. The van der Waals surface area contributed by atoms with Crippen LogP contribution in [0, 0.1) is 0 Å². The zero-order valence-electron chi connectivity index (χ0n) is 24.5. The second kappa shape index (κ2) is 10.6. The van der Waals surface area contributed by atoms with Gasteiger partial charge in [-0.05, 0) is 24.3 Å². The van der Waals surface area contributed by atoms with Crippen LogP contribution in [0.15, 0.2) is 154 Å². The minimum atomic E-state index is 0.581. The molecule has 9 aromatic rings. The molecule has 0 saturated carbocycles. The summed E-state index contributed by atoms with van der Waals surface area (Å²) < 4.78 is 12.8. The maximum absolute atomic E-state index is 6.64. The smallest absolute Gasteiger partial charge is 0.227 e. The molecule has 6 aromatic carbocycles. The van der Waals surface area contributed by atoms with Crippen LogP contribution in [-0.4, -0.2) is 19.9 Å². The fourth-order valence-electron chi connectivity index (χ4n) is 6.05. The third-order valence-corrected chi connectivity index (χ3v) is 8.19. The molecule has 0 spiro atoms. The Kier molecular flexibility index (Phi) is 6.03. The van der Waals surface area contributed by atoms with Crippen LogP contribution in [0.25, 0.3) is 89.8 Å². The lowest BCUT2D eigenvalue weighted by atomic mass is 9.99. The molecule has 216 valence electrons. The van der Waals surface area contributed by atoms with Gasteiger partial charge >= 0.3 is 0 Å².